The average Bonchev–Trinajstić information content (AvgIpc) is 2.85. The normalized spacial score (nSPS) is 10.8. The number of aromatic hydroxyl groups is 1. The summed E-state index contributed by atoms with van der Waals surface area (Å²) in [5.41, 5.74) is 1.73. The molecule has 0 aliphatic heterocycles. The summed E-state index contributed by atoms with van der Waals surface area (Å²) in [4.78, 5) is 4.22. The van der Waals surface area contributed by atoms with E-state index in [1.807, 2.05) is 24.3 Å². The van der Waals surface area contributed by atoms with Crippen LogP contribution >= 0.6 is 0 Å². The van der Waals surface area contributed by atoms with Crippen LogP contribution in [0.5, 0.6) is 17.4 Å². The van der Waals surface area contributed by atoms with Gasteiger partial charge in [0.25, 0.3) is 0 Å². The lowest BCUT2D eigenvalue weighted by atomic mass is 10.2. The van der Waals surface area contributed by atoms with Gasteiger partial charge in [-0.25, -0.2) is 9.67 Å². The zero-order valence-electron chi connectivity index (χ0n) is 11.8. The number of benzene rings is 1. The molecule has 0 amide bonds. The second kappa shape index (κ2) is 5.32. The summed E-state index contributed by atoms with van der Waals surface area (Å²) in [6, 6.07) is 9.34. The quantitative estimate of drug-likeness (QED) is 0.796. The maximum Gasteiger partial charge on any atom is 0.242 e. The van der Waals surface area contributed by atoms with Crippen molar-refractivity contribution in [2.24, 2.45) is 0 Å². The third-order valence-electron chi connectivity index (χ3n) is 3.22. The number of methoxy groups -OCH3 is 2. The van der Waals surface area contributed by atoms with E-state index in [0.29, 0.717) is 23.5 Å². The van der Waals surface area contributed by atoms with Crippen LogP contribution in [0.25, 0.3) is 11.0 Å². The molecule has 2 aromatic heterocycles. The molecule has 0 aliphatic carbocycles. The molecule has 0 saturated carbocycles. The van der Waals surface area contributed by atoms with Crippen molar-refractivity contribution in [2.75, 3.05) is 14.2 Å². The fourth-order valence-electron chi connectivity index (χ4n) is 2.19. The monoisotopic (exact) mass is 285 g/mol. The smallest absolute Gasteiger partial charge is 0.242 e. The highest BCUT2D eigenvalue weighted by molar-refractivity contribution is 5.82. The first-order valence-corrected chi connectivity index (χ1v) is 6.43. The second-order valence-electron chi connectivity index (χ2n) is 4.58. The van der Waals surface area contributed by atoms with E-state index in [2.05, 4.69) is 10.1 Å². The van der Waals surface area contributed by atoms with Crippen molar-refractivity contribution in [1.29, 1.82) is 0 Å². The molecule has 6 nitrogen and oxygen atoms in total. The van der Waals surface area contributed by atoms with Gasteiger partial charge in [-0.2, -0.15) is 0 Å². The van der Waals surface area contributed by atoms with E-state index in [0.717, 1.165) is 11.3 Å². The minimum atomic E-state index is 0.0878. The van der Waals surface area contributed by atoms with Crippen molar-refractivity contribution in [1.82, 2.24) is 14.8 Å². The Morgan fingerprint density at radius 3 is 2.57 bits per heavy atom. The van der Waals surface area contributed by atoms with E-state index < -0.39 is 0 Å². The summed E-state index contributed by atoms with van der Waals surface area (Å²) < 4.78 is 12.1. The number of pyridine rings is 1. The first-order valence-electron chi connectivity index (χ1n) is 6.43. The number of fused-ring (bicyclic) bond motifs is 1. The third kappa shape index (κ3) is 2.47. The van der Waals surface area contributed by atoms with Crippen molar-refractivity contribution in [3.63, 3.8) is 0 Å². The Morgan fingerprint density at radius 1 is 1.14 bits per heavy atom. The fraction of sp³-hybridized carbons (Fsp3) is 0.200. The van der Waals surface area contributed by atoms with Gasteiger partial charge in [0, 0.05) is 0 Å². The lowest BCUT2D eigenvalue weighted by molar-refractivity contribution is 0.394. The van der Waals surface area contributed by atoms with E-state index in [1.54, 1.807) is 25.0 Å². The molecule has 0 bridgehead atoms. The maximum atomic E-state index is 9.54. The van der Waals surface area contributed by atoms with Gasteiger partial charge in [0.15, 0.2) is 5.65 Å². The van der Waals surface area contributed by atoms with E-state index >= 15 is 0 Å². The Morgan fingerprint density at radius 2 is 1.90 bits per heavy atom. The molecule has 1 N–H and O–H groups in total. The lowest BCUT2D eigenvalue weighted by Crippen LogP contribution is -2.02. The number of nitrogens with zero attached hydrogens (tertiary/aromatic N) is 3. The molecule has 0 spiro atoms. The molecular formula is C15H15N3O3. The second-order valence-corrected chi connectivity index (χ2v) is 4.58. The number of rotatable bonds is 4. The number of ether oxygens (including phenoxy) is 2. The van der Waals surface area contributed by atoms with Gasteiger partial charge in [0.05, 0.1) is 32.3 Å². The Bertz CT molecular complexity index is 766. The predicted molar refractivity (Wildman–Crippen MR) is 77.8 cm³/mol. The maximum absolute atomic E-state index is 9.54. The minimum absolute atomic E-state index is 0.0878. The lowest BCUT2D eigenvalue weighted by Gasteiger charge is -2.04. The molecule has 21 heavy (non-hydrogen) atoms. The van der Waals surface area contributed by atoms with Crippen LogP contribution in [0.2, 0.25) is 0 Å². The summed E-state index contributed by atoms with van der Waals surface area (Å²) in [5.74, 6) is 1.34. The van der Waals surface area contributed by atoms with Crippen LogP contribution in [0.4, 0.5) is 0 Å². The standard InChI is InChI=1S/C15H15N3O3/c1-20-12-5-3-10(4-6-12)9-18-14-13(15(17-18)21-2)7-11(19)8-16-14/h3-8,19H,9H2,1-2H3. The molecule has 108 valence electrons. The van der Waals surface area contributed by atoms with Crippen LogP contribution in [0.1, 0.15) is 5.56 Å². The highest BCUT2D eigenvalue weighted by Crippen LogP contribution is 2.26. The van der Waals surface area contributed by atoms with Crippen LogP contribution in [0, 0.1) is 0 Å². The van der Waals surface area contributed by atoms with Gasteiger partial charge < -0.3 is 14.6 Å². The van der Waals surface area contributed by atoms with Crippen LogP contribution in [-0.2, 0) is 6.54 Å². The number of hydrogen-bond donors (Lipinski definition) is 1. The summed E-state index contributed by atoms with van der Waals surface area (Å²) in [6.45, 7) is 0.557. The first kappa shape index (κ1) is 13.2. The minimum Gasteiger partial charge on any atom is -0.506 e. The van der Waals surface area contributed by atoms with Crippen molar-refractivity contribution in [2.45, 2.75) is 6.54 Å². The zero-order valence-corrected chi connectivity index (χ0v) is 11.8. The molecule has 0 fully saturated rings. The zero-order chi connectivity index (χ0) is 14.8. The van der Waals surface area contributed by atoms with E-state index in [1.165, 1.54) is 6.20 Å². The topological polar surface area (TPSA) is 69.4 Å². The molecule has 1 aromatic carbocycles. The first-order chi connectivity index (χ1) is 10.2. The Hall–Kier alpha value is -2.76. The molecule has 2 heterocycles. The largest absolute Gasteiger partial charge is 0.506 e. The van der Waals surface area contributed by atoms with Crippen LogP contribution < -0.4 is 9.47 Å². The molecule has 0 radical (unpaired) electrons. The van der Waals surface area contributed by atoms with Crippen molar-refractivity contribution in [3.8, 4) is 17.4 Å². The van der Waals surface area contributed by atoms with Gasteiger partial charge in [0.2, 0.25) is 5.88 Å². The number of aromatic nitrogens is 3. The SMILES string of the molecule is COc1ccc(Cn2nc(OC)c3cc(O)cnc32)cc1. The summed E-state index contributed by atoms with van der Waals surface area (Å²) >= 11 is 0. The van der Waals surface area contributed by atoms with Gasteiger partial charge in [-0.05, 0) is 23.8 Å². The highest BCUT2D eigenvalue weighted by atomic mass is 16.5. The van der Waals surface area contributed by atoms with Gasteiger partial charge in [-0.15, -0.1) is 5.10 Å². The molecule has 6 heteroatoms. The van der Waals surface area contributed by atoms with Crippen LogP contribution in [-0.4, -0.2) is 34.1 Å². The van der Waals surface area contributed by atoms with Crippen molar-refractivity contribution < 1.29 is 14.6 Å². The fourth-order valence-corrected chi connectivity index (χ4v) is 2.19. The van der Waals surface area contributed by atoms with Crippen molar-refractivity contribution in [3.05, 3.63) is 42.1 Å². The van der Waals surface area contributed by atoms with E-state index in [9.17, 15) is 5.11 Å². The molecule has 3 rings (SSSR count). The molecule has 0 saturated heterocycles. The molecule has 3 aromatic rings. The van der Waals surface area contributed by atoms with Crippen LogP contribution in [0.3, 0.4) is 0 Å². The van der Waals surface area contributed by atoms with Gasteiger partial charge >= 0.3 is 0 Å². The Balaban J connectivity index is 1.99. The Labute approximate surface area is 121 Å². The summed E-state index contributed by atoms with van der Waals surface area (Å²) in [7, 11) is 3.18. The average molecular weight is 285 g/mol. The number of hydrogen-bond acceptors (Lipinski definition) is 5. The van der Waals surface area contributed by atoms with Gasteiger partial charge in [-0.1, -0.05) is 12.1 Å². The summed E-state index contributed by atoms with van der Waals surface area (Å²) in [5, 5.41) is 14.6. The third-order valence-corrected chi connectivity index (χ3v) is 3.22. The van der Waals surface area contributed by atoms with E-state index in [4.69, 9.17) is 9.47 Å². The van der Waals surface area contributed by atoms with Gasteiger partial charge in [0.1, 0.15) is 11.5 Å². The predicted octanol–water partition coefficient (Wildman–Crippen LogP) is 2.20. The van der Waals surface area contributed by atoms with Crippen molar-refractivity contribution >= 4 is 11.0 Å². The highest BCUT2D eigenvalue weighted by Gasteiger charge is 2.13. The molecule has 0 atom stereocenters. The van der Waals surface area contributed by atoms with E-state index in [-0.39, 0.29) is 5.75 Å². The Kier molecular flexibility index (Phi) is 3.35. The molecular weight excluding hydrogens is 270 g/mol. The molecule has 0 aliphatic rings. The summed E-state index contributed by atoms with van der Waals surface area (Å²) in [6.07, 6.45) is 1.40. The van der Waals surface area contributed by atoms with Gasteiger partial charge in [-0.3, -0.25) is 0 Å². The van der Waals surface area contributed by atoms with Crippen LogP contribution in [0.15, 0.2) is 36.5 Å². The molecule has 0 unspecified atom stereocenters.